The number of carbonyl (C=O) groups is 1. The van der Waals surface area contributed by atoms with Crippen LogP contribution in [0.4, 0.5) is 5.82 Å². The van der Waals surface area contributed by atoms with Gasteiger partial charge in [0.2, 0.25) is 0 Å². The number of benzene rings is 2. The molecule has 1 N–H and O–H groups in total. The Morgan fingerprint density at radius 3 is 2.64 bits per heavy atom. The third-order valence-corrected chi connectivity index (χ3v) is 3.36. The summed E-state index contributed by atoms with van der Waals surface area (Å²) in [5.74, 6) is -2.01. The smallest absolute Gasteiger partial charge is 0.404 e. The zero-order chi connectivity index (χ0) is 15.7. The van der Waals surface area contributed by atoms with Crippen LogP contribution >= 0.6 is 0 Å². The summed E-state index contributed by atoms with van der Waals surface area (Å²) in [6.45, 7) is 0.259. The topological polar surface area (TPSA) is 98.3 Å². The van der Waals surface area contributed by atoms with E-state index in [4.69, 9.17) is 5.11 Å². The van der Waals surface area contributed by atoms with E-state index in [9.17, 15) is 14.9 Å². The molecule has 0 atom stereocenters. The Morgan fingerprint density at radius 1 is 1.23 bits per heavy atom. The van der Waals surface area contributed by atoms with Crippen molar-refractivity contribution in [3.63, 3.8) is 0 Å². The molecule has 1 aromatic heterocycles. The lowest BCUT2D eigenvalue weighted by molar-refractivity contribution is -0.390. The maximum absolute atomic E-state index is 11.0. The summed E-state index contributed by atoms with van der Waals surface area (Å²) in [6.07, 6.45) is 1.18. The Morgan fingerprint density at radius 2 is 1.95 bits per heavy atom. The van der Waals surface area contributed by atoms with Crippen LogP contribution in [0.5, 0.6) is 0 Å². The highest BCUT2D eigenvalue weighted by Crippen LogP contribution is 2.21. The quantitative estimate of drug-likeness (QED) is 0.589. The van der Waals surface area contributed by atoms with Gasteiger partial charge in [0.05, 0.1) is 17.8 Å². The fraction of sp³-hybridized carbons (Fsp3) is 0.0667. The molecule has 22 heavy (non-hydrogen) atoms. The van der Waals surface area contributed by atoms with Gasteiger partial charge in [-0.15, -0.1) is 0 Å². The number of carboxylic acids is 1. The highest BCUT2D eigenvalue weighted by Gasteiger charge is 2.26. The maximum Gasteiger partial charge on any atom is 0.404 e. The third kappa shape index (κ3) is 2.39. The zero-order valence-electron chi connectivity index (χ0n) is 11.3. The average molecular weight is 297 g/mol. The van der Waals surface area contributed by atoms with Gasteiger partial charge in [-0.2, -0.15) is 4.68 Å². The van der Waals surface area contributed by atoms with E-state index in [1.807, 2.05) is 42.5 Å². The predicted octanol–water partition coefficient (Wildman–Crippen LogP) is 2.69. The lowest BCUT2D eigenvalue weighted by atomic mass is 10.0. The lowest BCUT2D eigenvalue weighted by Gasteiger charge is -2.04. The van der Waals surface area contributed by atoms with Crippen molar-refractivity contribution in [2.75, 3.05) is 0 Å². The predicted molar refractivity (Wildman–Crippen MR) is 78.9 cm³/mol. The summed E-state index contributed by atoms with van der Waals surface area (Å²) in [4.78, 5) is 21.1. The minimum atomic E-state index is -1.36. The van der Waals surface area contributed by atoms with Gasteiger partial charge < -0.3 is 15.2 Å². The molecule has 0 fully saturated rings. The molecule has 1 heterocycles. The average Bonchev–Trinajstić information content (AvgIpc) is 2.92. The molecule has 7 heteroatoms. The molecular formula is C15H11N3O4. The van der Waals surface area contributed by atoms with Crippen molar-refractivity contribution in [3.05, 3.63) is 69.9 Å². The molecular weight excluding hydrogens is 286 g/mol. The Balaban J connectivity index is 2.04. The van der Waals surface area contributed by atoms with Crippen molar-refractivity contribution < 1.29 is 14.8 Å². The van der Waals surface area contributed by atoms with Crippen LogP contribution in [-0.4, -0.2) is 25.8 Å². The van der Waals surface area contributed by atoms with E-state index < -0.39 is 22.3 Å². The second-order valence-corrected chi connectivity index (χ2v) is 4.76. The fourth-order valence-electron chi connectivity index (χ4n) is 2.38. The van der Waals surface area contributed by atoms with Crippen LogP contribution in [0.3, 0.4) is 0 Å². The molecule has 0 saturated carbocycles. The molecule has 0 aliphatic carbocycles. The molecule has 0 aliphatic heterocycles. The van der Waals surface area contributed by atoms with Gasteiger partial charge in [0.25, 0.3) is 0 Å². The van der Waals surface area contributed by atoms with Crippen LogP contribution in [0, 0.1) is 10.1 Å². The molecule has 110 valence electrons. The zero-order valence-corrected chi connectivity index (χ0v) is 11.3. The minimum absolute atomic E-state index is 0.259. The summed E-state index contributed by atoms with van der Waals surface area (Å²) >= 11 is 0. The summed E-state index contributed by atoms with van der Waals surface area (Å²) in [5, 5.41) is 25.7. The lowest BCUT2D eigenvalue weighted by Crippen LogP contribution is -2.01. The summed E-state index contributed by atoms with van der Waals surface area (Å²) in [6, 6.07) is 13.5. The Labute approximate surface area is 124 Å². The molecule has 3 rings (SSSR count). The highest BCUT2D eigenvalue weighted by atomic mass is 16.6. The van der Waals surface area contributed by atoms with E-state index in [-0.39, 0.29) is 6.54 Å². The van der Waals surface area contributed by atoms with Crippen LogP contribution < -0.4 is 0 Å². The maximum atomic E-state index is 11.0. The number of rotatable bonds is 4. The van der Waals surface area contributed by atoms with Gasteiger partial charge in [0, 0.05) is 0 Å². The van der Waals surface area contributed by atoms with Gasteiger partial charge in [0.1, 0.15) is 0 Å². The van der Waals surface area contributed by atoms with Crippen LogP contribution in [0.2, 0.25) is 0 Å². The number of carboxylic acid groups (broad SMARTS) is 1. The SMILES string of the molecule is O=C(O)c1cn(Cc2cccc3ccccc23)nc1[N+](=O)[O-]. The molecule has 0 bridgehead atoms. The molecule has 2 aromatic carbocycles. The van der Waals surface area contributed by atoms with Crippen molar-refractivity contribution in [2.24, 2.45) is 0 Å². The van der Waals surface area contributed by atoms with Crippen molar-refractivity contribution in [1.29, 1.82) is 0 Å². The van der Waals surface area contributed by atoms with Gasteiger partial charge in [-0.25, -0.2) is 4.79 Å². The number of hydrogen-bond acceptors (Lipinski definition) is 4. The number of aromatic nitrogens is 2. The standard InChI is InChI=1S/C15H11N3O4/c19-15(20)13-9-17(16-14(13)18(21)22)8-11-6-3-5-10-4-1-2-7-12(10)11/h1-7,9H,8H2,(H,19,20). The normalized spacial score (nSPS) is 10.7. The van der Waals surface area contributed by atoms with Gasteiger partial charge in [-0.3, -0.25) is 0 Å². The van der Waals surface area contributed by atoms with Crippen molar-refractivity contribution in [3.8, 4) is 0 Å². The van der Waals surface area contributed by atoms with E-state index in [1.54, 1.807) is 0 Å². The minimum Gasteiger partial charge on any atom is -0.477 e. The largest absolute Gasteiger partial charge is 0.477 e. The number of fused-ring (bicyclic) bond motifs is 1. The van der Waals surface area contributed by atoms with Crippen molar-refractivity contribution in [2.45, 2.75) is 6.54 Å². The van der Waals surface area contributed by atoms with E-state index in [1.165, 1.54) is 10.9 Å². The monoisotopic (exact) mass is 297 g/mol. The van der Waals surface area contributed by atoms with Crippen LogP contribution in [0.1, 0.15) is 15.9 Å². The van der Waals surface area contributed by atoms with Crippen molar-refractivity contribution >= 4 is 22.6 Å². The molecule has 0 amide bonds. The van der Waals surface area contributed by atoms with Gasteiger partial charge in [-0.1, -0.05) is 42.5 Å². The Hall–Kier alpha value is -3.22. The van der Waals surface area contributed by atoms with Crippen molar-refractivity contribution in [1.82, 2.24) is 9.78 Å². The number of nitrogens with zero attached hydrogens (tertiary/aromatic N) is 3. The molecule has 3 aromatic rings. The van der Waals surface area contributed by atoms with Gasteiger partial charge >= 0.3 is 11.8 Å². The third-order valence-electron chi connectivity index (χ3n) is 3.36. The molecule has 0 radical (unpaired) electrons. The fourth-order valence-corrected chi connectivity index (χ4v) is 2.38. The second kappa shape index (κ2) is 5.28. The first kappa shape index (κ1) is 13.7. The van der Waals surface area contributed by atoms with E-state index in [2.05, 4.69) is 5.10 Å². The van der Waals surface area contributed by atoms with E-state index in [0.717, 1.165) is 16.3 Å². The first-order valence-electron chi connectivity index (χ1n) is 6.48. The second-order valence-electron chi connectivity index (χ2n) is 4.76. The molecule has 0 aliphatic rings. The number of hydrogen-bond donors (Lipinski definition) is 1. The van der Waals surface area contributed by atoms with Crippen LogP contribution in [-0.2, 0) is 6.54 Å². The van der Waals surface area contributed by atoms with Crippen LogP contribution in [0.25, 0.3) is 10.8 Å². The molecule has 7 nitrogen and oxygen atoms in total. The Bertz CT molecular complexity index is 849. The Kier molecular flexibility index (Phi) is 3.30. The molecule has 0 unspecified atom stereocenters. The van der Waals surface area contributed by atoms with E-state index in [0.29, 0.717) is 0 Å². The number of aromatic carboxylic acids is 1. The summed E-state index contributed by atoms with van der Waals surface area (Å²) in [7, 11) is 0. The summed E-state index contributed by atoms with van der Waals surface area (Å²) < 4.78 is 1.28. The highest BCUT2D eigenvalue weighted by molar-refractivity contribution is 5.91. The summed E-state index contributed by atoms with van der Waals surface area (Å²) in [5.41, 5.74) is 0.498. The van der Waals surface area contributed by atoms with Gasteiger partial charge in [-0.05, 0) is 21.3 Å². The first-order chi connectivity index (χ1) is 10.6. The number of nitro groups is 1. The molecule has 0 spiro atoms. The molecule has 0 saturated heterocycles. The van der Waals surface area contributed by atoms with E-state index >= 15 is 0 Å². The first-order valence-corrected chi connectivity index (χ1v) is 6.48. The van der Waals surface area contributed by atoms with Gasteiger partial charge in [0.15, 0.2) is 5.56 Å². The van der Waals surface area contributed by atoms with Crippen LogP contribution in [0.15, 0.2) is 48.7 Å².